The first kappa shape index (κ1) is 12.4. The van der Waals surface area contributed by atoms with Crippen LogP contribution in [0, 0.1) is 11.8 Å². The summed E-state index contributed by atoms with van der Waals surface area (Å²) in [7, 11) is -3.86. The summed E-state index contributed by atoms with van der Waals surface area (Å²) in [4.78, 5) is 10.6. The van der Waals surface area contributed by atoms with E-state index in [1.165, 1.54) is 12.1 Å². The van der Waals surface area contributed by atoms with Crippen LogP contribution in [0.4, 0.5) is 0 Å². The molecule has 1 aromatic carbocycles. The lowest BCUT2D eigenvalue weighted by Gasteiger charge is -2.14. The molecule has 0 aliphatic carbocycles. The van der Waals surface area contributed by atoms with Gasteiger partial charge in [0.15, 0.2) is 0 Å². The van der Waals surface area contributed by atoms with Gasteiger partial charge in [0, 0.05) is 0 Å². The molecule has 0 saturated heterocycles. The van der Waals surface area contributed by atoms with Gasteiger partial charge in [-0.15, -0.1) is 15.9 Å². The van der Waals surface area contributed by atoms with E-state index < -0.39 is 10.0 Å². The van der Waals surface area contributed by atoms with Crippen molar-refractivity contribution in [2.24, 2.45) is 5.29 Å². The number of sulfonamides is 1. The Hall–Kier alpha value is -1.69. The minimum absolute atomic E-state index is 0.0800. The highest BCUT2D eigenvalue weighted by Crippen LogP contribution is 2.19. The average Bonchev–Trinajstić information content (AvgIpc) is 2.26. The molecule has 6 heteroatoms. The summed E-state index contributed by atoms with van der Waals surface area (Å²) in [5, 5.41) is 2.49. The standard InChI is InChI=1S/C10H12N2O3S/c1-3-8-12(11-13)16(14,15)10-7-5-4-6-9(10)2/h3-7H,1,8H2,2H3. The number of benzene rings is 1. The summed E-state index contributed by atoms with van der Waals surface area (Å²) < 4.78 is 24.4. The van der Waals surface area contributed by atoms with E-state index in [1.807, 2.05) is 0 Å². The Bertz CT molecular complexity index is 497. The maximum atomic E-state index is 12.0. The first-order chi connectivity index (χ1) is 7.54. The van der Waals surface area contributed by atoms with Crippen molar-refractivity contribution in [3.63, 3.8) is 0 Å². The van der Waals surface area contributed by atoms with E-state index in [9.17, 15) is 13.3 Å². The van der Waals surface area contributed by atoms with Crippen LogP contribution in [0.15, 0.2) is 47.1 Å². The molecule has 0 heterocycles. The molecule has 0 fully saturated rings. The third-order valence-corrected chi connectivity index (χ3v) is 3.81. The molecular weight excluding hydrogens is 228 g/mol. The molecule has 0 atom stereocenters. The average molecular weight is 240 g/mol. The fourth-order valence-corrected chi connectivity index (χ4v) is 2.59. The van der Waals surface area contributed by atoms with Crippen LogP contribution in [0.2, 0.25) is 0 Å². The molecule has 86 valence electrons. The van der Waals surface area contributed by atoms with E-state index in [2.05, 4.69) is 11.9 Å². The Labute approximate surface area is 94.4 Å². The van der Waals surface area contributed by atoms with Gasteiger partial charge in [0.1, 0.15) is 0 Å². The van der Waals surface area contributed by atoms with Crippen molar-refractivity contribution in [2.45, 2.75) is 11.8 Å². The van der Waals surface area contributed by atoms with Gasteiger partial charge in [-0.05, 0) is 18.6 Å². The molecule has 0 amide bonds. The van der Waals surface area contributed by atoms with E-state index in [0.717, 1.165) is 0 Å². The van der Waals surface area contributed by atoms with Gasteiger partial charge in [-0.2, -0.15) is 8.42 Å². The lowest BCUT2D eigenvalue weighted by atomic mass is 10.2. The molecule has 0 aliphatic rings. The highest BCUT2D eigenvalue weighted by molar-refractivity contribution is 7.89. The third-order valence-electron chi connectivity index (χ3n) is 2.03. The van der Waals surface area contributed by atoms with Crippen molar-refractivity contribution in [3.8, 4) is 0 Å². The largest absolute Gasteiger partial charge is 0.282 e. The zero-order valence-electron chi connectivity index (χ0n) is 8.83. The Morgan fingerprint density at radius 1 is 1.44 bits per heavy atom. The second-order valence-corrected chi connectivity index (χ2v) is 4.96. The zero-order valence-corrected chi connectivity index (χ0v) is 9.64. The van der Waals surface area contributed by atoms with E-state index >= 15 is 0 Å². The van der Waals surface area contributed by atoms with Crippen LogP contribution in [-0.2, 0) is 10.0 Å². The summed E-state index contributed by atoms with van der Waals surface area (Å²) in [6.45, 7) is 4.89. The van der Waals surface area contributed by atoms with Crippen molar-refractivity contribution >= 4 is 10.0 Å². The molecule has 0 spiro atoms. The van der Waals surface area contributed by atoms with Crippen LogP contribution in [-0.4, -0.2) is 19.4 Å². The molecule has 16 heavy (non-hydrogen) atoms. The molecule has 0 N–H and O–H groups in total. The maximum absolute atomic E-state index is 12.0. The number of hydrogen-bond donors (Lipinski definition) is 0. The Kier molecular flexibility index (Phi) is 3.78. The Morgan fingerprint density at radius 3 is 2.56 bits per heavy atom. The summed E-state index contributed by atoms with van der Waals surface area (Å²) in [6, 6.07) is 6.41. The number of hydrogen-bond acceptors (Lipinski definition) is 4. The lowest BCUT2D eigenvalue weighted by molar-refractivity contribution is 0.458. The summed E-state index contributed by atoms with van der Waals surface area (Å²) >= 11 is 0. The lowest BCUT2D eigenvalue weighted by Crippen LogP contribution is -2.26. The van der Waals surface area contributed by atoms with Gasteiger partial charge in [-0.1, -0.05) is 24.3 Å². The van der Waals surface area contributed by atoms with Gasteiger partial charge in [-0.3, -0.25) is 0 Å². The fourth-order valence-electron chi connectivity index (χ4n) is 1.25. The van der Waals surface area contributed by atoms with Crippen molar-refractivity contribution in [1.29, 1.82) is 0 Å². The van der Waals surface area contributed by atoms with Gasteiger partial charge in [0.2, 0.25) is 0 Å². The summed E-state index contributed by atoms with van der Waals surface area (Å²) in [6.07, 6.45) is 1.30. The van der Waals surface area contributed by atoms with Gasteiger partial charge >= 0.3 is 0 Å². The summed E-state index contributed by atoms with van der Waals surface area (Å²) in [5.41, 5.74) is 0.570. The van der Waals surface area contributed by atoms with Crippen LogP contribution in [0.25, 0.3) is 0 Å². The second-order valence-electron chi connectivity index (χ2n) is 3.15. The Morgan fingerprint density at radius 2 is 2.06 bits per heavy atom. The molecule has 0 unspecified atom stereocenters. The van der Waals surface area contributed by atoms with Crippen LogP contribution in [0.1, 0.15) is 5.56 Å². The quantitative estimate of drug-likeness (QED) is 0.448. The van der Waals surface area contributed by atoms with Crippen molar-refractivity contribution < 1.29 is 8.42 Å². The van der Waals surface area contributed by atoms with Gasteiger partial charge in [0.05, 0.1) is 16.7 Å². The number of aryl methyl sites for hydroxylation is 1. The first-order valence-corrected chi connectivity index (χ1v) is 6.00. The van der Waals surface area contributed by atoms with E-state index in [1.54, 1.807) is 25.1 Å². The predicted molar refractivity (Wildman–Crippen MR) is 61.1 cm³/mol. The Balaban J connectivity index is 3.25. The number of rotatable bonds is 5. The minimum Gasteiger partial charge on any atom is -0.199 e. The van der Waals surface area contributed by atoms with Gasteiger partial charge in [-0.25, -0.2) is 0 Å². The highest BCUT2D eigenvalue weighted by Gasteiger charge is 2.24. The molecule has 0 saturated carbocycles. The molecular formula is C10H12N2O3S. The molecule has 5 nitrogen and oxygen atoms in total. The maximum Gasteiger partial charge on any atom is 0.282 e. The molecule has 0 radical (unpaired) electrons. The predicted octanol–water partition coefficient (Wildman–Crippen LogP) is 1.85. The fraction of sp³-hybridized carbons (Fsp3) is 0.200. The van der Waals surface area contributed by atoms with Gasteiger partial charge in [0.25, 0.3) is 10.0 Å². The van der Waals surface area contributed by atoms with Crippen molar-refractivity contribution in [1.82, 2.24) is 4.41 Å². The molecule has 1 rings (SSSR count). The summed E-state index contributed by atoms with van der Waals surface area (Å²) in [5.74, 6) is 0. The monoisotopic (exact) mass is 240 g/mol. The van der Waals surface area contributed by atoms with E-state index in [-0.39, 0.29) is 11.4 Å². The van der Waals surface area contributed by atoms with Crippen LogP contribution in [0.3, 0.4) is 0 Å². The SMILES string of the molecule is C=CCN(N=O)S(=O)(=O)c1ccccc1C. The first-order valence-electron chi connectivity index (χ1n) is 4.56. The molecule has 1 aromatic rings. The minimum atomic E-state index is -3.86. The van der Waals surface area contributed by atoms with Crippen LogP contribution in [0.5, 0.6) is 0 Å². The van der Waals surface area contributed by atoms with Crippen LogP contribution >= 0.6 is 0 Å². The van der Waals surface area contributed by atoms with Crippen molar-refractivity contribution in [3.05, 3.63) is 47.4 Å². The molecule has 0 bridgehead atoms. The van der Waals surface area contributed by atoms with E-state index in [4.69, 9.17) is 0 Å². The third kappa shape index (κ3) is 2.27. The highest BCUT2D eigenvalue weighted by atomic mass is 32.2. The second kappa shape index (κ2) is 4.89. The smallest absolute Gasteiger partial charge is 0.199 e. The zero-order chi connectivity index (χ0) is 12.2. The topological polar surface area (TPSA) is 66.8 Å². The van der Waals surface area contributed by atoms with Gasteiger partial charge < -0.3 is 0 Å². The van der Waals surface area contributed by atoms with Crippen molar-refractivity contribution in [2.75, 3.05) is 6.54 Å². The molecule has 0 aliphatic heterocycles. The van der Waals surface area contributed by atoms with Crippen LogP contribution < -0.4 is 0 Å². The molecule has 0 aromatic heterocycles. The number of nitroso groups, excluding NO2 is 1. The number of nitrogens with zero attached hydrogens (tertiary/aromatic N) is 2. The van der Waals surface area contributed by atoms with E-state index in [0.29, 0.717) is 9.98 Å². The normalized spacial score (nSPS) is 10.8.